The van der Waals surface area contributed by atoms with Crippen LogP contribution in [-0.2, 0) is 0 Å². The Labute approximate surface area is 153 Å². The van der Waals surface area contributed by atoms with Crippen LogP contribution in [0.2, 0.25) is 0 Å². The molecular formula is C19H23FN2O2S. The van der Waals surface area contributed by atoms with Gasteiger partial charge in [-0.1, -0.05) is 12.1 Å². The second-order valence-electron chi connectivity index (χ2n) is 5.40. The Kier molecular flexibility index (Phi) is 7.01. The summed E-state index contributed by atoms with van der Waals surface area (Å²) in [6, 6.07) is 11.9. The molecule has 0 unspecified atom stereocenters. The van der Waals surface area contributed by atoms with Gasteiger partial charge in [0.25, 0.3) is 0 Å². The van der Waals surface area contributed by atoms with Crippen molar-refractivity contribution in [2.45, 2.75) is 26.8 Å². The number of thiocarbonyl (C=S) groups is 1. The lowest BCUT2D eigenvalue weighted by molar-refractivity contribution is 0.287. The topological polar surface area (TPSA) is 42.5 Å². The van der Waals surface area contributed by atoms with Gasteiger partial charge in [0.2, 0.25) is 0 Å². The maximum absolute atomic E-state index is 13.2. The first kappa shape index (κ1) is 19.0. The molecular weight excluding hydrogens is 339 g/mol. The van der Waals surface area contributed by atoms with Gasteiger partial charge in [-0.25, -0.2) is 4.39 Å². The number of hydrogen-bond donors (Lipinski definition) is 2. The number of rotatable bonds is 7. The highest BCUT2D eigenvalue weighted by Gasteiger charge is 2.12. The minimum Gasteiger partial charge on any atom is -0.490 e. The second kappa shape index (κ2) is 9.22. The summed E-state index contributed by atoms with van der Waals surface area (Å²) in [6.07, 6.45) is 0. The summed E-state index contributed by atoms with van der Waals surface area (Å²) in [6.45, 7) is 7.00. The fourth-order valence-corrected chi connectivity index (χ4v) is 2.65. The first-order valence-electron chi connectivity index (χ1n) is 8.26. The normalized spacial score (nSPS) is 11.5. The first-order chi connectivity index (χ1) is 12.0. The molecule has 0 heterocycles. The molecule has 0 aromatic heterocycles. The van der Waals surface area contributed by atoms with Crippen molar-refractivity contribution in [2.24, 2.45) is 0 Å². The van der Waals surface area contributed by atoms with Crippen LogP contribution in [0.5, 0.6) is 11.5 Å². The van der Waals surface area contributed by atoms with E-state index in [2.05, 4.69) is 10.6 Å². The summed E-state index contributed by atoms with van der Waals surface area (Å²) < 4.78 is 24.5. The van der Waals surface area contributed by atoms with E-state index in [0.717, 1.165) is 11.3 Å². The smallest absolute Gasteiger partial charge is 0.171 e. The molecule has 2 N–H and O–H groups in total. The zero-order chi connectivity index (χ0) is 18.2. The van der Waals surface area contributed by atoms with Crippen molar-refractivity contribution in [3.63, 3.8) is 0 Å². The molecule has 0 saturated heterocycles. The van der Waals surface area contributed by atoms with Gasteiger partial charge in [-0.15, -0.1) is 0 Å². The first-order valence-corrected chi connectivity index (χ1v) is 8.67. The van der Waals surface area contributed by atoms with Gasteiger partial charge >= 0.3 is 0 Å². The van der Waals surface area contributed by atoms with E-state index in [1.807, 2.05) is 39.0 Å². The molecule has 0 amide bonds. The van der Waals surface area contributed by atoms with E-state index in [1.54, 1.807) is 12.1 Å². The van der Waals surface area contributed by atoms with Crippen molar-refractivity contribution in [2.75, 3.05) is 18.5 Å². The standard InChI is InChI=1S/C19H23FN2O2S/c1-4-23-17-10-9-14(11-18(17)24-5-2)13(3)21-19(25)22-16-8-6-7-15(20)12-16/h6-13H,4-5H2,1-3H3,(H2,21,22,25)/t13-/m1/s1. The number of halogens is 1. The summed E-state index contributed by atoms with van der Waals surface area (Å²) in [4.78, 5) is 0. The molecule has 134 valence electrons. The summed E-state index contributed by atoms with van der Waals surface area (Å²) in [5, 5.41) is 6.59. The lowest BCUT2D eigenvalue weighted by Gasteiger charge is -2.19. The number of benzene rings is 2. The van der Waals surface area contributed by atoms with Crippen molar-refractivity contribution in [3.8, 4) is 11.5 Å². The zero-order valence-electron chi connectivity index (χ0n) is 14.6. The van der Waals surface area contributed by atoms with E-state index in [9.17, 15) is 4.39 Å². The molecule has 6 heteroatoms. The van der Waals surface area contributed by atoms with Crippen LogP contribution >= 0.6 is 12.2 Å². The molecule has 4 nitrogen and oxygen atoms in total. The number of nitrogens with one attached hydrogen (secondary N) is 2. The summed E-state index contributed by atoms with van der Waals surface area (Å²) in [7, 11) is 0. The number of ether oxygens (including phenoxy) is 2. The van der Waals surface area contributed by atoms with Gasteiger partial charge < -0.3 is 20.1 Å². The highest BCUT2D eigenvalue weighted by Crippen LogP contribution is 2.30. The SMILES string of the molecule is CCOc1ccc([C@@H](C)NC(=S)Nc2cccc(F)c2)cc1OCC. The van der Waals surface area contributed by atoms with E-state index < -0.39 is 0 Å². The predicted molar refractivity (Wildman–Crippen MR) is 103 cm³/mol. The molecule has 0 radical (unpaired) electrons. The molecule has 2 aromatic rings. The van der Waals surface area contributed by atoms with Gasteiger partial charge in [0.05, 0.1) is 19.3 Å². The average Bonchev–Trinajstić information content (AvgIpc) is 2.56. The van der Waals surface area contributed by atoms with Gasteiger partial charge in [0.15, 0.2) is 16.6 Å². The highest BCUT2D eigenvalue weighted by molar-refractivity contribution is 7.80. The maximum atomic E-state index is 13.2. The molecule has 25 heavy (non-hydrogen) atoms. The predicted octanol–water partition coefficient (Wildman–Crippen LogP) is 4.67. The summed E-state index contributed by atoms with van der Waals surface area (Å²) in [5.41, 5.74) is 1.61. The van der Waals surface area contributed by atoms with Crippen LogP contribution in [-0.4, -0.2) is 18.3 Å². The fraction of sp³-hybridized carbons (Fsp3) is 0.316. The molecule has 1 atom stereocenters. The van der Waals surface area contributed by atoms with Gasteiger partial charge in [-0.3, -0.25) is 0 Å². The van der Waals surface area contributed by atoms with Gasteiger partial charge in [0, 0.05) is 5.69 Å². The third kappa shape index (κ3) is 5.60. The third-order valence-corrected chi connectivity index (χ3v) is 3.72. The number of anilines is 1. The number of hydrogen-bond acceptors (Lipinski definition) is 3. The zero-order valence-corrected chi connectivity index (χ0v) is 15.5. The Bertz CT molecular complexity index is 724. The van der Waals surface area contributed by atoms with Crippen molar-refractivity contribution < 1.29 is 13.9 Å². The maximum Gasteiger partial charge on any atom is 0.171 e. The summed E-state index contributed by atoms with van der Waals surface area (Å²) >= 11 is 5.31. The van der Waals surface area contributed by atoms with Crippen LogP contribution in [0.3, 0.4) is 0 Å². The molecule has 0 aliphatic carbocycles. The molecule has 0 bridgehead atoms. The van der Waals surface area contributed by atoms with E-state index in [1.165, 1.54) is 12.1 Å². The molecule has 0 spiro atoms. The Hall–Kier alpha value is -2.34. The van der Waals surface area contributed by atoms with Crippen LogP contribution in [0.4, 0.5) is 10.1 Å². The minimum atomic E-state index is -0.311. The highest BCUT2D eigenvalue weighted by atomic mass is 32.1. The Morgan fingerprint density at radius 2 is 1.80 bits per heavy atom. The van der Waals surface area contributed by atoms with Gasteiger partial charge in [0.1, 0.15) is 5.82 Å². The Morgan fingerprint density at radius 3 is 2.48 bits per heavy atom. The fourth-order valence-electron chi connectivity index (χ4n) is 2.35. The Balaban J connectivity index is 2.05. The largest absolute Gasteiger partial charge is 0.490 e. The van der Waals surface area contributed by atoms with Crippen LogP contribution in [0.25, 0.3) is 0 Å². The van der Waals surface area contributed by atoms with Crippen molar-refractivity contribution in [3.05, 3.63) is 53.8 Å². The third-order valence-electron chi connectivity index (χ3n) is 3.50. The van der Waals surface area contributed by atoms with Gasteiger partial charge in [-0.05, 0) is 68.9 Å². The van der Waals surface area contributed by atoms with E-state index in [-0.39, 0.29) is 11.9 Å². The quantitative estimate of drug-likeness (QED) is 0.701. The van der Waals surface area contributed by atoms with E-state index in [4.69, 9.17) is 21.7 Å². The van der Waals surface area contributed by atoms with Gasteiger partial charge in [-0.2, -0.15) is 0 Å². The monoisotopic (exact) mass is 362 g/mol. The minimum absolute atomic E-state index is 0.0524. The summed E-state index contributed by atoms with van der Waals surface area (Å²) in [5.74, 6) is 1.12. The van der Waals surface area contributed by atoms with Crippen LogP contribution in [0.15, 0.2) is 42.5 Å². The van der Waals surface area contributed by atoms with Crippen LogP contribution < -0.4 is 20.1 Å². The molecule has 2 aromatic carbocycles. The van der Waals surface area contributed by atoms with Crippen LogP contribution in [0.1, 0.15) is 32.4 Å². The molecule has 0 saturated carbocycles. The Morgan fingerprint density at radius 1 is 1.08 bits per heavy atom. The lowest BCUT2D eigenvalue weighted by Crippen LogP contribution is -2.30. The van der Waals surface area contributed by atoms with Crippen LogP contribution in [0, 0.1) is 5.82 Å². The van der Waals surface area contributed by atoms with E-state index >= 15 is 0 Å². The van der Waals surface area contributed by atoms with Crippen molar-refractivity contribution in [1.82, 2.24) is 5.32 Å². The van der Waals surface area contributed by atoms with E-state index in [0.29, 0.717) is 29.8 Å². The molecule has 0 fully saturated rings. The molecule has 0 aliphatic rings. The molecule has 2 rings (SSSR count). The second-order valence-corrected chi connectivity index (χ2v) is 5.81. The lowest BCUT2D eigenvalue weighted by atomic mass is 10.1. The average molecular weight is 362 g/mol. The molecule has 0 aliphatic heterocycles. The van der Waals surface area contributed by atoms with Crippen molar-refractivity contribution >= 4 is 23.0 Å². The van der Waals surface area contributed by atoms with Crippen molar-refractivity contribution in [1.29, 1.82) is 0 Å².